The van der Waals surface area contributed by atoms with Crippen molar-refractivity contribution in [3.63, 3.8) is 0 Å². The molecular weight excluding hydrogens is 220 g/mol. The summed E-state index contributed by atoms with van der Waals surface area (Å²) < 4.78 is 0. The van der Waals surface area contributed by atoms with Gasteiger partial charge in [-0.3, -0.25) is 19.7 Å². The van der Waals surface area contributed by atoms with Crippen molar-refractivity contribution in [1.29, 1.82) is 0 Å². The minimum absolute atomic E-state index is 0.198. The maximum absolute atomic E-state index is 11.5. The maximum atomic E-state index is 11.5. The van der Waals surface area contributed by atoms with Gasteiger partial charge in [0.25, 0.3) is 0 Å². The van der Waals surface area contributed by atoms with Crippen molar-refractivity contribution in [2.45, 2.75) is 19.1 Å². The summed E-state index contributed by atoms with van der Waals surface area (Å²) in [6, 6.07) is 6.54. The number of nitrogens with one attached hydrogen (secondary N) is 2. The van der Waals surface area contributed by atoms with Crippen molar-refractivity contribution in [2.75, 3.05) is 0 Å². The first-order valence-electron chi connectivity index (χ1n) is 5.24. The normalized spacial score (nSPS) is 21.7. The second-order valence-electron chi connectivity index (χ2n) is 3.88. The van der Waals surface area contributed by atoms with Crippen LogP contribution in [0.2, 0.25) is 0 Å². The summed E-state index contributed by atoms with van der Waals surface area (Å²) in [7, 11) is 0. The predicted octanol–water partition coefficient (Wildman–Crippen LogP) is 0.234. The molecule has 0 bridgehead atoms. The fourth-order valence-electron chi connectivity index (χ4n) is 2.01. The van der Waals surface area contributed by atoms with Crippen LogP contribution < -0.4 is 10.6 Å². The Morgan fingerprint density at radius 2 is 1.94 bits per heavy atom. The van der Waals surface area contributed by atoms with Crippen LogP contribution in [0, 0.1) is 0 Å². The Morgan fingerprint density at radius 3 is 2.53 bits per heavy atom. The molecule has 1 aliphatic rings. The number of amides is 1. The molecule has 1 heterocycles. The lowest BCUT2D eigenvalue weighted by molar-refractivity contribution is -0.131. The number of hydrogen-bond acceptors (Lipinski definition) is 4. The average Bonchev–Trinajstić information content (AvgIpc) is 2.67. The monoisotopic (exact) mass is 232 g/mol. The van der Waals surface area contributed by atoms with Gasteiger partial charge in [-0.25, -0.2) is 0 Å². The van der Waals surface area contributed by atoms with Gasteiger partial charge < -0.3 is 5.32 Å². The van der Waals surface area contributed by atoms with E-state index in [1.165, 1.54) is 6.92 Å². The number of fused-ring (bicyclic) bond motifs is 1. The highest BCUT2D eigenvalue weighted by molar-refractivity contribution is 6.27. The standard InChI is InChI=1S/C12H12N2O3/c1-7(16)13-12-9-5-3-2-4-8(9)11(14-12)10(17)6-15/h2-6,11-12,14H,1H3,(H,13,16). The van der Waals surface area contributed by atoms with Crippen molar-refractivity contribution < 1.29 is 14.4 Å². The van der Waals surface area contributed by atoms with E-state index in [0.29, 0.717) is 6.29 Å². The number of ketones is 1. The number of benzene rings is 1. The predicted molar refractivity (Wildman–Crippen MR) is 59.9 cm³/mol. The molecule has 0 spiro atoms. The molecule has 2 unspecified atom stereocenters. The highest BCUT2D eigenvalue weighted by Crippen LogP contribution is 2.31. The minimum atomic E-state index is -0.666. The molecule has 17 heavy (non-hydrogen) atoms. The molecule has 0 saturated carbocycles. The smallest absolute Gasteiger partial charge is 0.218 e. The first-order chi connectivity index (χ1) is 8.13. The lowest BCUT2D eigenvalue weighted by Crippen LogP contribution is -2.35. The summed E-state index contributed by atoms with van der Waals surface area (Å²) in [6.07, 6.45) is -0.123. The van der Waals surface area contributed by atoms with E-state index in [1.807, 2.05) is 12.1 Å². The van der Waals surface area contributed by atoms with Gasteiger partial charge >= 0.3 is 0 Å². The van der Waals surface area contributed by atoms with Crippen LogP contribution >= 0.6 is 0 Å². The van der Waals surface area contributed by atoms with Gasteiger partial charge in [0.2, 0.25) is 11.7 Å². The van der Waals surface area contributed by atoms with Gasteiger partial charge in [-0.2, -0.15) is 0 Å². The van der Waals surface area contributed by atoms with Crippen molar-refractivity contribution in [3.05, 3.63) is 35.4 Å². The van der Waals surface area contributed by atoms with Crippen molar-refractivity contribution >= 4 is 18.0 Å². The van der Waals surface area contributed by atoms with Gasteiger partial charge in [0.1, 0.15) is 12.2 Å². The topological polar surface area (TPSA) is 75.3 Å². The van der Waals surface area contributed by atoms with Crippen LogP contribution in [0.25, 0.3) is 0 Å². The van der Waals surface area contributed by atoms with Gasteiger partial charge in [0.05, 0.1) is 0 Å². The van der Waals surface area contributed by atoms with Crippen LogP contribution in [-0.2, 0) is 14.4 Å². The minimum Gasteiger partial charge on any atom is -0.337 e. The number of carbonyl (C=O) groups excluding carboxylic acids is 3. The second-order valence-corrected chi connectivity index (χ2v) is 3.88. The largest absolute Gasteiger partial charge is 0.337 e. The third-order valence-electron chi connectivity index (χ3n) is 2.70. The van der Waals surface area contributed by atoms with Gasteiger partial charge in [-0.1, -0.05) is 24.3 Å². The van der Waals surface area contributed by atoms with E-state index >= 15 is 0 Å². The molecule has 5 heteroatoms. The molecule has 0 radical (unpaired) electrons. The van der Waals surface area contributed by atoms with Crippen LogP contribution in [-0.4, -0.2) is 18.0 Å². The second kappa shape index (κ2) is 4.47. The summed E-state index contributed by atoms with van der Waals surface area (Å²) in [5.41, 5.74) is 1.56. The SMILES string of the molecule is CC(=O)NC1NC(C(=O)C=O)c2ccccc21. The molecule has 0 fully saturated rings. The number of aldehydes is 1. The Bertz CT molecular complexity index is 484. The Balaban J connectivity index is 2.35. The summed E-state index contributed by atoms with van der Waals surface area (Å²) >= 11 is 0. The lowest BCUT2D eigenvalue weighted by atomic mass is 10.0. The average molecular weight is 232 g/mol. The zero-order valence-electron chi connectivity index (χ0n) is 9.27. The van der Waals surface area contributed by atoms with Crippen LogP contribution in [0.3, 0.4) is 0 Å². The molecule has 5 nitrogen and oxygen atoms in total. The number of carbonyl (C=O) groups is 3. The quantitative estimate of drug-likeness (QED) is 0.578. The van der Waals surface area contributed by atoms with Crippen LogP contribution in [0.5, 0.6) is 0 Å². The molecule has 1 aromatic carbocycles. The Morgan fingerprint density at radius 1 is 1.29 bits per heavy atom. The maximum Gasteiger partial charge on any atom is 0.218 e. The first kappa shape index (κ1) is 11.5. The van der Waals surface area contributed by atoms with Crippen LogP contribution in [0.1, 0.15) is 30.3 Å². The van der Waals surface area contributed by atoms with E-state index < -0.39 is 18.0 Å². The first-order valence-corrected chi connectivity index (χ1v) is 5.24. The zero-order chi connectivity index (χ0) is 12.4. The number of hydrogen-bond donors (Lipinski definition) is 2. The summed E-state index contributed by atoms with van der Waals surface area (Å²) in [5, 5.41) is 5.61. The summed E-state index contributed by atoms with van der Waals surface area (Å²) in [5.74, 6) is -0.734. The van der Waals surface area contributed by atoms with E-state index in [-0.39, 0.29) is 5.91 Å². The fraction of sp³-hybridized carbons (Fsp3) is 0.250. The van der Waals surface area contributed by atoms with E-state index in [1.54, 1.807) is 12.1 Å². The van der Waals surface area contributed by atoms with Crippen LogP contribution in [0.15, 0.2) is 24.3 Å². The molecule has 1 amide bonds. The molecular formula is C12H12N2O3. The summed E-state index contributed by atoms with van der Waals surface area (Å²) in [6.45, 7) is 1.40. The highest BCUT2D eigenvalue weighted by Gasteiger charge is 2.34. The van der Waals surface area contributed by atoms with E-state index in [9.17, 15) is 14.4 Å². The molecule has 88 valence electrons. The molecule has 0 saturated heterocycles. The fourth-order valence-corrected chi connectivity index (χ4v) is 2.01. The van der Waals surface area contributed by atoms with E-state index in [2.05, 4.69) is 10.6 Å². The van der Waals surface area contributed by atoms with Crippen molar-refractivity contribution in [1.82, 2.24) is 10.6 Å². The molecule has 2 rings (SSSR count). The lowest BCUT2D eigenvalue weighted by Gasteiger charge is -2.13. The molecule has 0 aromatic heterocycles. The Hall–Kier alpha value is -2.01. The summed E-state index contributed by atoms with van der Waals surface area (Å²) in [4.78, 5) is 33.1. The number of Topliss-reactive ketones (excluding diaryl/α,β-unsaturated/α-hetero) is 1. The van der Waals surface area contributed by atoms with Gasteiger partial charge in [0.15, 0.2) is 6.29 Å². The third kappa shape index (κ3) is 2.09. The molecule has 2 N–H and O–H groups in total. The molecule has 1 aliphatic heterocycles. The van der Waals surface area contributed by atoms with Gasteiger partial charge in [-0.05, 0) is 11.1 Å². The van der Waals surface area contributed by atoms with Gasteiger partial charge in [0, 0.05) is 6.92 Å². The molecule has 0 aliphatic carbocycles. The van der Waals surface area contributed by atoms with E-state index in [0.717, 1.165) is 11.1 Å². The van der Waals surface area contributed by atoms with Crippen molar-refractivity contribution in [2.24, 2.45) is 0 Å². The Kier molecular flexibility index (Phi) is 3.01. The van der Waals surface area contributed by atoms with Crippen LogP contribution in [0.4, 0.5) is 0 Å². The van der Waals surface area contributed by atoms with Crippen molar-refractivity contribution in [3.8, 4) is 0 Å². The third-order valence-corrected chi connectivity index (χ3v) is 2.70. The Labute approximate surface area is 98.2 Å². The van der Waals surface area contributed by atoms with Gasteiger partial charge in [-0.15, -0.1) is 0 Å². The van der Waals surface area contributed by atoms with E-state index in [4.69, 9.17) is 0 Å². The molecule has 2 atom stereocenters. The zero-order valence-corrected chi connectivity index (χ0v) is 9.27. The highest BCUT2D eigenvalue weighted by atomic mass is 16.2. The number of rotatable bonds is 3. The molecule has 1 aromatic rings.